The van der Waals surface area contributed by atoms with E-state index in [4.69, 9.17) is 17.3 Å². The maximum atomic E-state index is 12.0. The summed E-state index contributed by atoms with van der Waals surface area (Å²) in [5.74, 6) is -0.901. The summed E-state index contributed by atoms with van der Waals surface area (Å²) in [6, 6.07) is 0. The van der Waals surface area contributed by atoms with Gasteiger partial charge in [-0.2, -0.15) is 0 Å². The summed E-state index contributed by atoms with van der Waals surface area (Å²) in [5.41, 5.74) is 0. The van der Waals surface area contributed by atoms with E-state index in [9.17, 15) is 9.59 Å². The van der Waals surface area contributed by atoms with Gasteiger partial charge in [0.25, 0.3) is 0 Å². The highest BCUT2D eigenvalue weighted by Gasteiger charge is 2.40. The van der Waals surface area contributed by atoms with Crippen LogP contribution in [0.1, 0.15) is 26.7 Å². The first-order chi connectivity index (χ1) is 7.51. The van der Waals surface area contributed by atoms with Gasteiger partial charge in [-0.1, -0.05) is 50.7 Å². The number of aliphatic carboxylic acids is 1. The van der Waals surface area contributed by atoms with E-state index in [0.717, 1.165) is 12.8 Å². The molecule has 1 rings (SSSR count). The van der Waals surface area contributed by atoms with E-state index >= 15 is 0 Å². The molecule has 1 fully saturated rings. The summed E-state index contributed by atoms with van der Waals surface area (Å²) in [6.07, 6.45) is 1.81. The lowest BCUT2D eigenvalue weighted by Crippen LogP contribution is -2.37. The molecular weight excluding hydrogens is 246 g/mol. The SMILES string of the molecule is CCC(CC)C1SC(=S)N(CC(=O)O)C1=O. The molecule has 1 aliphatic rings. The highest BCUT2D eigenvalue weighted by molar-refractivity contribution is 8.24. The summed E-state index contributed by atoms with van der Waals surface area (Å²) in [4.78, 5) is 23.8. The van der Waals surface area contributed by atoms with Crippen LogP contribution in [0, 0.1) is 5.92 Å². The molecule has 16 heavy (non-hydrogen) atoms. The lowest BCUT2D eigenvalue weighted by molar-refractivity contribution is -0.141. The molecule has 0 aliphatic carbocycles. The molecule has 90 valence electrons. The number of amides is 1. The molecular formula is C10H15NO3S2. The first-order valence-corrected chi connectivity index (χ1v) is 6.53. The quantitative estimate of drug-likeness (QED) is 0.764. The number of carbonyl (C=O) groups excluding carboxylic acids is 1. The normalized spacial score (nSPS) is 20.9. The van der Waals surface area contributed by atoms with E-state index in [1.165, 1.54) is 16.7 Å². The zero-order valence-corrected chi connectivity index (χ0v) is 10.9. The molecule has 1 aliphatic heterocycles. The third-order valence-electron chi connectivity index (χ3n) is 2.73. The van der Waals surface area contributed by atoms with Crippen molar-refractivity contribution in [2.75, 3.05) is 6.54 Å². The minimum Gasteiger partial charge on any atom is -0.480 e. The molecule has 0 bridgehead atoms. The average Bonchev–Trinajstić information content (AvgIpc) is 2.48. The number of carboxylic acid groups (broad SMARTS) is 1. The zero-order valence-electron chi connectivity index (χ0n) is 9.30. The molecule has 1 unspecified atom stereocenters. The Labute approximate surface area is 104 Å². The third-order valence-corrected chi connectivity index (χ3v) is 4.50. The van der Waals surface area contributed by atoms with Gasteiger partial charge in [-0.15, -0.1) is 0 Å². The summed E-state index contributed by atoms with van der Waals surface area (Å²) in [7, 11) is 0. The van der Waals surface area contributed by atoms with Crippen molar-refractivity contribution in [2.45, 2.75) is 31.9 Å². The lowest BCUT2D eigenvalue weighted by Gasteiger charge is -2.18. The molecule has 1 atom stereocenters. The van der Waals surface area contributed by atoms with Crippen molar-refractivity contribution in [2.24, 2.45) is 5.92 Å². The average molecular weight is 261 g/mol. The van der Waals surface area contributed by atoms with Crippen LogP contribution in [0.25, 0.3) is 0 Å². The molecule has 1 saturated heterocycles. The fraction of sp³-hybridized carbons (Fsp3) is 0.700. The minimum atomic E-state index is -1.03. The number of hydrogen-bond donors (Lipinski definition) is 1. The number of carboxylic acids is 1. The minimum absolute atomic E-state index is 0.147. The fourth-order valence-corrected chi connectivity index (χ4v) is 3.53. The van der Waals surface area contributed by atoms with Crippen LogP contribution < -0.4 is 0 Å². The molecule has 0 aromatic carbocycles. The largest absolute Gasteiger partial charge is 0.480 e. The number of nitrogens with zero attached hydrogens (tertiary/aromatic N) is 1. The number of rotatable bonds is 5. The van der Waals surface area contributed by atoms with Crippen molar-refractivity contribution in [3.63, 3.8) is 0 Å². The Morgan fingerprint density at radius 3 is 2.56 bits per heavy atom. The number of hydrogen-bond acceptors (Lipinski definition) is 4. The summed E-state index contributed by atoms with van der Waals surface area (Å²) in [6.45, 7) is 3.75. The molecule has 1 heterocycles. The summed E-state index contributed by atoms with van der Waals surface area (Å²) in [5, 5.41) is 8.49. The van der Waals surface area contributed by atoms with Gasteiger partial charge in [0.05, 0.1) is 5.25 Å². The maximum absolute atomic E-state index is 12.0. The Morgan fingerprint density at radius 1 is 1.56 bits per heavy atom. The topological polar surface area (TPSA) is 57.6 Å². The van der Waals surface area contributed by atoms with Crippen molar-refractivity contribution >= 4 is 40.2 Å². The monoisotopic (exact) mass is 261 g/mol. The predicted molar refractivity (Wildman–Crippen MR) is 67.4 cm³/mol. The van der Waals surface area contributed by atoms with Crippen LogP contribution >= 0.6 is 24.0 Å². The van der Waals surface area contributed by atoms with Crippen molar-refractivity contribution in [1.29, 1.82) is 0 Å². The van der Waals surface area contributed by atoms with Gasteiger partial charge in [0.1, 0.15) is 10.9 Å². The van der Waals surface area contributed by atoms with Crippen LogP contribution in [0.5, 0.6) is 0 Å². The number of thiocarbonyl (C=S) groups is 1. The smallest absolute Gasteiger partial charge is 0.323 e. The lowest BCUT2D eigenvalue weighted by atomic mass is 9.98. The summed E-state index contributed by atoms with van der Waals surface area (Å²) < 4.78 is 0.393. The molecule has 0 radical (unpaired) electrons. The highest BCUT2D eigenvalue weighted by atomic mass is 32.2. The van der Waals surface area contributed by atoms with Crippen molar-refractivity contribution in [3.8, 4) is 0 Å². The van der Waals surface area contributed by atoms with Crippen LogP contribution in [-0.2, 0) is 9.59 Å². The first-order valence-electron chi connectivity index (χ1n) is 5.25. The third kappa shape index (κ3) is 2.74. The highest BCUT2D eigenvalue weighted by Crippen LogP contribution is 2.34. The van der Waals surface area contributed by atoms with E-state index in [1.807, 2.05) is 13.8 Å². The number of carbonyl (C=O) groups is 2. The van der Waals surface area contributed by atoms with E-state index < -0.39 is 5.97 Å². The molecule has 0 aromatic heterocycles. The van der Waals surface area contributed by atoms with E-state index in [1.54, 1.807) is 0 Å². The van der Waals surface area contributed by atoms with Gasteiger partial charge in [-0.25, -0.2) is 0 Å². The Hall–Kier alpha value is -0.620. The van der Waals surface area contributed by atoms with Gasteiger partial charge in [0, 0.05) is 0 Å². The van der Waals surface area contributed by atoms with Gasteiger partial charge in [-0.3, -0.25) is 14.5 Å². The Morgan fingerprint density at radius 2 is 2.12 bits per heavy atom. The Balaban J connectivity index is 2.77. The van der Waals surface area contributed by atoms with Gasteiger partial charge in [0.15, 0.2) is 0 Å². The molecule has 0 spiro atoms. The maximum Gasteiger partial charge on any atom is 0.323 e. The Bertz CT molecular complexity index is 315. The molecule has 1 amide bonds. The van der Waals surface area contributed by atoms with Crippen LogP contribution in [0.15, 0.2) is 0 Å². The summed E-state index contributed by atoms with van der Waals surface area (Å²) >= 11 is 6.36. The van der Waals surface area contributed by atoms with Crippen LogP contribution in [0.3, 0.4) is 0 Å². The van der Waals surface area contributed by atoms with Crippen LogP contribution in [0.4, 0.5) is 0 Å². The van der Waals surface area contributed by atoms with Gasteiger partial charge in [0.2, 0.25) is 5.91 Å². The fourth-order valence-electron chi connectivity index (χ4n) is 1.76. The molecule has 1 N–H and O–H groups in total. The molecule has 0 saturated carbocycles. The number of thioether (sulfide) groups is 1. The van der Waals surface area contributed by atoms with Gasteiger partial charge >= 0.3 is 5.97 Å². The second kappa shape index (κ2) is 5.63. The molecule has 0 aromatic rings. The Kier molecular flexibility index (Phi) is 4.73. The van der Waals surface area contributed by atoms with Gasteiger partial charge < -0.3 is 5.11 Å². The van der Waals surface area contributed by atoms with Crippen molar-refractivity contribution in [3.05, 3.63) is 0 Å². The van der Waals surface area contributed by atoms with E-state index in [2.05, 4.69) is 0 Å². The standard InChI is InChI=1S/C10H15NO3S2/c1-3-6(4-2)8-9(14)11(5-7(12)13)10(15)16-8/h6,8H,3-5H2,1-2H3,(H,12,13). The zero-order chi connectivity index (χ0) is 12.3. The molecule has 6 heteroatoms. The van der Waals surface area contributed by atoms with E-state index in [-0.39, 0.29) is 23.6 Å². The van der Waals surface area contributed by atoms with Crippen molar-refractivity contribution < 1.29 is 14.7 Å². The van der Waals surface area contributed by atoms with E-state index in [0.29, 0.717) is 4.32 Å². The van der Waals surface area contributed by atoms with Crippen molar-refractivity contribution in [1.82, 2.24) is 4.90 Å². The second-order valence-electron chi connectivity index (χ2n) is 3.70. The van der Waals surface area contributed by atoms with Crippen LogP contribution in [-0.4, -0.2) is 38.0 Å². The second-order valence-corrected chi connectivity index (χ2v) is 5.47. The van der Waals surface area contributed by atoms with Gasteiger partial charge in [-0.05, 0) is 5.92 Å². The van der Waals surface area contributed by atoms with Crippen LogP contribution in [0.2, 0.25) is 0 Å². The molecule has 4 nitrogen and oxygen atoms in total. The first kappa shape index (κ1) is 13.4. The predicted octanol–water partition coefficient (Wildman–Crippen LogP) is 1.74.